The van der Waals surface area contributed by atoms with Gasteiger partial charge in [0, 0.05) is 5.56 Å². The summed E-state index contributed by atoms with van der Waals surface area (Å²) in [6, 6.07) is 3.49. The Labute approximate surface area is 184 Å². The maximum absolute atomic E-state index is 12.8. The van der Waals surface area contributed by atoms with Crippen LogP contribution in [0.3, 0.4) is 0 Å². The van der Waals surface area contributed by atoms with E-state index >= 15 is 0 Å². The van der Waals surface area contributed by atoms with Gasteiger partial charge in [-0.05, 0) is 68.2 Å². The molecule has 1 aromatic heterocycles. The smallest absolute Gasteiger partial charge is 0.340 e. The van der Waals surface area contributed by atoms with Crippen molar-refractivity contribution in [2.75, 3.05) is 26.9 Å². The van der Waals surface area contributed by atoms with Crippen molar-refractivity contribution in [3.63, 3.8) is 0 Å². The number of hydrogen-bond donors (Lipinski definition) is 0. The van der Waals surface area contributed by atoms with Crippen LogP contribution in [0.4, 0.5) is 0 Å². The van der Waals surface area contributed by atoms with Crippen molar-refractivity contribution in [3.05, 3.63) is 39.1 Å². The molecule has 2 aromatic rings. The Balaban J connectivity index is 2.94. The van der Waals surface area contributed by atoms with Crippen LogP contribution < -0.4 is 9.47 Å². The molecule has 0 saturated heterocycles. The summed E-state index contributed by atoms with van der Waals surface area (Å²) in [5, 5.41) is 0. The number of nitrogens with zero attached hydrogens (tertiary/aromatic N) is 1. The highest BCUT2D eigenvalue weighted by Crippen LogP contribution is 2.42. The molecule has 0 saturated carbocycles. The molecule has 0 radical (unpaired) electrons. The van der Waals surface area contributed by atoms with Crippen molar-refractivity contribution >= 4 is 27.9 Å². The fourth-order valence-corrected chi connectivity index (χ4v) is 3.82. The molecule has 0 bridgehead atoms. The molecule has 0 aliphatic carbocycles. The standard InChI is InChI=1S/C22H26BrNO6/c1-7-28-16-11-14(10-15(23)20(16)27-6)19-17(21(25)29-8-2)12(4)24-13(5)18(19)22(26)30-9-3/h10-11H,7-9H2,1-6H3. The van der Waals surface area contributed by atoms with E-state index in [1.165, 1.54) is 7.11 Å². The largest absolute Gasteiger partial charge is 0.492 e. The topological polar surface area (TPSA) is 84.0 Å². The number of pyridine rings is 1. The van der Waals surface area contributed by atoms with E-state index in [2.05, 4.69) is 20.9 Å². The second-order valence-corrected chi connectivity index (χ2v) is 7.13. The van der Waals surface area contributed by atoms with Gasteiger partial charge in [-0.2, -0.15) is 0 Å². The van der Waals surface area contributed by atoms with E-state index in [4.69, 9.17) is 18.9 Å². The highest BCUT2D eigenvalue weighted by Gasteiger charge is 2.29. The summed E-state index contributed by atoms with van der Waals surface area (Å²) in [6.07, 6.45) is 0. The summed E-state index contributed by atoms with van der Waals surface area (Å²) in [6.45, 7) is 9.51. The Morgan fingerprint density at radius 1 is 0.933 bits per heavy atom. The lowest BCUT2D eigenvalue weighted by Gasteiger charge is -2.19. The average molecular weight is 480 g/mol. The van der Waals surface area contributed by atoms with Crippen molar-refractivity contribution in [2.24, 2.45) is 0 Å². The third-order valence-corrected chi connectivity index (χ3v) is 4.91. The zero-order valence-corrected chi connectivity index (χ0v) is 19.6. The van der Waals surface area contributed by atoms with E-state index < -0.39 is 11.9 Å². The molecule has 0 aliphatic heterocycles. The molecule has 7 nitrogen and oxygen atoms in total. The molecule has 0 unspecified atom stereocenters. The number of aromatic nitrogens is 1. The van der Waals surface area contributed by atoms with Gasteiger partial charge >= 0.3 is 11.9 Å². The van der Waals surface area contributed by atoms with Gasteiger partial charge in [0.1, 0.15) is 0 Å². The molecule has 2 rings (SSSR count). The Morgan fingerprint density at radius 2 is 1.47 bits per heavy atom. The van der Waals surface area contributed by atoms with E-state index in [1.807, 2.05) is 6.92 Å². The average Bonchev–Trinajstić information content (AvgIpc) is 2.67. The number of carbonyl (C=O) groups excluding carboxylic acids is 2. The zero-order valence-electron chi connectivity index (χ0n) is 18.1. The predicted octanol–water partition coefficient (Wildman–Crippen LogP) is 4.89. The van der Waals surface area contributed by atoms with E-state index in [9.17, 15) is 9.59 Å². The summed E-state index contributed by atoms with van der Waals surface area (Å²) in [5.74, 6) is -0.138. The van der Waals surface area contributed by atoms with Crippen LogP contribution in [-0.2, 0) is 9.47 Å². The minimum absolute atomic E-state index is 0.191. The Hall–Kier alpha value is -2.61. The SMILES string of the molecule is CCOC(=O)c1c(C)nc(C)c(C(=O)OCC)c1-c1cc(Br)c(OC)c(OCC)c1. The first kappa shape index (κ1) is 23.7. The van der Waals surface area contributed by atoms with Gasteiger partial charge in [-0.3, -0.25) is 4.98 Å². The van der Waals surface area contributed by atoms with Gasteiger partial charge in [-0.25, -0.2) is 9.59 Å². The lowest BCUT2D eigenvalue weighted by molar-refractivity contribution is 0.0525. The third-order valence-electron chi connectivity index (χ3n) is 4.32. The van der Waals surface area contributed by atoms with Gasteiger partial charge in [-0.15, -0.1) is 0 Å². The molecule has 8 heteroatoms. The summed E-state index contributed by atoms with van der Waals surface area (Å²) in [4.78, 5) is 30.1. The fourth-order valence-electron chi connectivity index (χ4n) is 3.22. The molecule has 30 heavy (non-hydrogen) atoms. The van der Waals surface area contributed by atoms with Gasteiger partial charge in [0.2, 0.25) is 0 Å². The zero-order chi connectivity index (χ0) is 22.4. The van der Waals surface area contributed by atoms with Gasteiger partial charge in [0.15, 0.2) is 11.5 Å². The van der Waals surface area contributed by atoms with E-state index in [0.717, 1.165) is 0 Å². The van der Waals surface area contributed by atoms with Gasteiger partial charge in [0.25, 0.3) is 0 Å². The predicted molar refractivity (Wildman–Crippen MR) is 116 cm³/mol. The van der Waals surface area contributed by atoms with Gasteiger partial charge < -0.3 is 18.9 Å². The van der Waals surface area contributed by atoms with Crippen LogP contribution in [0, 0.1) is 13.8 Å². The second-order valence-electron chi connectivity index (χ2n) is 6.27. The van der Waals surface area contributed by atoms with Crippen LogP contribution in [0.5, 0.6) is 11.5 Å². The number of hydrogen-bond acceptors (Lipinski definition) is 7. The lowest BCUT2D eigenvalue weighted by Crippen LogP contribution is -2.17. The van der Waals surface area contributed by atoms with Crippen LogP contribution in [0.2, 0.25) is 0 Å². The molecule has 1 heterocycles. The molecule has 0 N–H and O–H groups in total. The van der Waals surface area contributed by atoms with Gasteiger partial charge in [0.05, 0.1) is 53.9 Å². The van der Waals surface area contributed by atoms with E-state index in [-0.39, 0.29) is 24.3 Å². The van der Waals surface area contributed by atoms with Crippen molar-refractivity contribution in [1.82, 2.24) is 4.98 Å². The van der Waals surface area contributed by atoms with Crippen molar-refractivity contribution in [3.8, 4) is 22.6 Å². The normalized spacial score (nSPS) is 10.5. The van der Waals surface area contributed by atoms with E-state index in [0.29, 0.717) is 45.1 Å². The molecule has 1 aromatic carbocycles. The number of methoxy groups -OCH3 is 1. The van der Waals surface area contributed by atoms with Crippen LogP contribution in [0.1, 0.15) is 52.9 Å². The molecular formula is C22H26BrNO6. The quantitative estimate of drug-likeness (QED) is 0.498. The number of rotatable bonds is 8. The minimum Gasteiger partial charge on any atom is -0.492 e. The molecule has 0 spiro atoms. The number of benzene rings is 1. The Morgan fingerprint density at radius 3 is 1.90 bits per heavy atom. The third kappa shape index (κ3) is 4.75. The Kier molecular flexibility index (Phi) is 8.23. The van der Waals surface area contributed by atoms with Gasteiger partial charge in [-0.1, -0.05) is 0 Å². The number of halogens is 1. The number of esters is 2. The number of aryl methyl sites for hydroxylation is 2. The van der Waals surface area contributed by atoms with Crippen LogP contribution >= 0.6 is 15.9 Å². The monoisotopic (exact) mass is 479 g/mol. The van der Waals surface area contributed by atoms with E-state index in [1.54, 1.807) is 39.8 Å². The summed E-state index contributed by atoms with van der Waals surface area (Å²) >= 11 is 3.49. The fraction of sp³-hybridized carbons (Fsp3) is 0.409. The summed E-state index contributed by atoms with van der Waals surface area (Å²) < 4.78 is 22.3. The summed E-state index contributed by atoms with van der Waals surface area (Å²) in [5.41, 5.74) is 2.31. The Bertz CT molecular complexity index is 915. The van der Waals surface area contributed by atoms with Crippen molar-refractivity contribution < 1.29 is 28.5 Å². The first-order chi connectivity index (χ1) is 14.3. The number of ether oxygens (including phenoxy) is 4. The highest BCUT2D eigenvalue weighted by molar-refractivity contribution is 9.10. The lowest BCUT2D eigenvalue weighted by atomic mass is 9.92. The maximum atomic E-state index is 12.8. The molecule has 162 valence electrons. The first-order valence-electron chi connectivity index (χ1n) is 9.66. The van der Waals surface area contributed by atoms with Crippen molar-refractivity contribution in [1.29, 1.82) is 0 Å². The molecule has 0 atom stereocenters. The van der Waals surface area contributed by atoms with Crippen LogP contribution in [0.25, 0.3) is 11.1 Å². The summed E-state index contributed by atoms with van der Waals surface area (Å²) in [7, 11) is 1.54. The number of carbonyl (C=O) groups is 2. The minimum atomic E-state index is -0.562. The molecule has 0 amide bonds. The highest BCUT2D eigenvalue weighted by atomic mass is 79.9. The van der Waals surface area contributed by atoms with Crippen molar-refractivity contribution in [2.45, 2.75) is 34.6 Å². The van der Waals surface area contributed by atoms with Crippen LogP contribution in [0.15, 0.2) is 16.6 Å². The second kappa shape index (κ2) is 10.4. The molecule has 0 fully saturated rings. The molecule has 0 aliphatic rings. The first-order valence-corrected chi connectivity index (χ1v) is 10.5. The maximum Gasteiger partial charge on any atom is 0.340 e. The van der Waals surface area contributed by atoms with Crippen LogP contribution in [-0.4, -0.2) is 43.9 Å². The molecular weight excluding hydrogens is 454 g/mol.